The average molecular weight is 599 g/mol. The third kappa shape index (κ3) is 3.75. The number of hydrogen-bond donors (Lipinski definition) is 0. The molecule has 7 atom stereocenters. The summed E-state index contributed by atoms with van der Waals surface area (Å²) in [4.78, 5) is 55.0. The van der Waals surface area contributed by atoms with Crippen LogP contribution in [-0.2, 0) is 25.7 Å². The van der Waals surface area contributed by atoms with Gasteiger partial charge in [0.05, 0.1) is 29.2 Å². The molecule has 206 valence electrons. The number of ether oxygens (including phenoxy) is 1. The monoisotopic (exact) mass is 598 g/mol. The zero-order valence-electron chi connectivity index (χ0n) is 21.3. The first-order valence-corrected chi connectivity index (χ1v) is 15.3. The summed E-state index contributed by atoms with van der Waals surface area (Å²) in [5.41, 5.74) is 1.37. The molecule has 2 aliphatic heterocycles. The van der Waals surface area contributed by atoms with Gasteiger partial charge >= 0.3 is 10.8 Å². The zero-order valence-corrected chi connectivity index (χ0v) is 23.7. The minimum Gasteiger partial charge on any atom is -0.465 e. The normalized spacial score (nSPS) is 29.9. The lowest BCUT2D eigenvalue weighted by Gasteiger charge is -2.43. The standard InChI is InChI=1S/C29H24ClFN2O5S2/c1-2-38-19(34)12-32-28-25(40-29(32)37)20(13-3-5-14(30)6-4-13)21-17-11-18(24(21)39-28)23-22(17)26(35)33(27(23)36)16-9-7-15(31)8-10-16/h3-10,17-18,20-24H,2,11-12H2,1H3. The highest BCUT2D eigenvalue weighted by atomic mass is 35.5. The lowest BCUT2D eigenvalue weighted by atomic mass is 9.68. The van der Waals surface area contributed by atoms with Crippen LogP contribution < -0.4 is 9.77 Å². The first kappa shape index (κ1) is 26.0. The number of halogens is 2. The predicted molar refractivity (Wildman–Crippen MR) is 149 cm³/mol. The second-order valence-electron chi connectivity index (χ2n) is 10.7. The van der Waals surface area contributed by atoms with E-state index in [9.17, 15) is 23.6 Å². The van der Waals surface area contributed by atoms with Gasteiger partial charge in [0.1, 0.15) is 12.4 Å². The number of thiazole rings is 1. The molecule has 2 bridgehead atoms. The Bertz CT molecular complexity index is 1600. The van der Waals surface area contributed by atoms with Crippen LogP contribution in [0.25, 0.3) is 0 Å². The Balaban J connectivity index is 1.32. The van der Waals surface area contributed by atoms with E-state index in [0.717, 1.165) is 33.2 Å². The number of fused-ring (bicyclic) bond motifs is 9. The van der Waals surface area contributed by atoms with Crippen LogP contribution in [0.5, 0.6) is 0 Å². The molecule has 0 N–H and O–H groups in total. The highest BCUT2D eigenvalue weighted by Gasteiger charge is 2.69. The molecule has 3 aromatic rings. The van der Waals surface area contributed by atoms with Gasteiger partial charge in [-0.05, 0) is 73.1 Å². The summed E-state index contributed by atoms with van der Waals surface area (Å²) in [6.45, 7) is 1.77. The van der Waals surface area contributed by atoms with Gasteiger partial charge in [-0.1, -0.05) is 35.1 Å². The highest BCUT2D eigenvalue weighted by Crippen LogP contribution is 2.69. The van der Waals surface area contributed by atoms with Crippen molar-refractivity contribution in [3.8, 4) is 0 Å². The fourth-order valence-electron chi connectivity index (χ4n) is 7.48. The Morgan fingerprint density at radius 1 is 1.02 bits per heavy atom. The lowest BCUT2D eigenvalue weighted by molar-refractivity contribution is -0.144. The van der Waals surface area contributed by atoms with Crippen molar-refractivity contribution in [3.05, 3.63) is 79.5 Å². The molecule has 0 spiro atoms. The minimum absolute atomic E-state index is 0.0175. The number of hydrogen-bond acceptors (Lipinski definition) is 7. The van der Waals surface area contributed by atoms with E-state index in [4.69, 9.17) is 16.3 Å². The molecule has 2 saturated carbocycles. The summed E-state index contributed by atoms with van der Waals surface area (Å²) in [6.07, 6.45) is 0.744. The molecule has 0 radical (unpaired) electrons. The van der Waals surface area contributed by atoms with Crippen LogP contribution in [0, 0.1) is 35.4 Å². The van der Waals surface area contributed by atoms with Crippen molar-refractivity contribution in [2.45, 2.75) is 36.1 Å². The minimum atomic E-state index is -0.476. The van der Waals surface area contributed by atoms with Gasteiger partial charge < -0.3 is 4.74 Å². The fraction of sp³-hybridized carbons (Fsp3) is 0.379. The number of nitrogens with zero attached hydrogens (tertiary/aromatic N) is 2. The number of benzene rings is 2. The molecule has 7 nitrogen and oxygen atoms in total. The third-order valence-corrected chi connectivity index (χ3v) is 11.9. The van der Waals surface area contributed by atoms with Gasteiger partial charge in [0.2, 0.25) is 11.8 Å². The number of carbonyl (C=O) groups excluding carboxylic acids is 3. The van der Waals surface area contributed by atoms with Crippen molar-refractivity contribution in [2.75, 3.05) is 11.5 Å². The molecule has 2 amide bonds. The molecule has 2 aromatic carbocycles. The van der Waals surface area contributed by atoms with Crippen molar-refractivity contribution in [2.24, 2.45) is 29.6 Å². The number of thioether (sulfide) groups is 1. The molecule has 3 heterocycles. The molecular weight excluding hydrogens is 575 g/mol. The summed E-state index contributed by atoms with van der Waals surface area (Å²) >= 11 is 8.91. The van der Waals surface area contributed by atoms with E-state index in [1.165, 1.54) is 33.7 Å². The van der Waals surface area contributed by atoms with Gasteiger partial charge in [-0.25, -0.2) is 4.39 Å². The van der Waals surface area contributed by atoms with Crippen LogP contribution in [0.15, 0.2) is 58.4 Å². The summed E-state index contributed by atoms with van der Waals surface area (Å²) in [6, 6.07) is 13.0. The molecule has 3 fully saturated rings. The van der Waals surface area contributed by atoms with E-state index in [0.29, 0.717) is 10.7 Å². The van der Waals surface area contributed by atoms with E-state index >= 15 is 0 Å². The van der Waals surface area contributed by atoms with Crippen molar-refractivity contribution in [1.29, 1.82) is 0 Å². The van der Waals surface area contributed by atoms with Crippen LogP contribution in [0.2, 0.25) is 5.02 Å². The van der Waals surface area contributed by atoms with Gasteiger partial charge in [0, 0.05) is 21.1 Å². The second kappa shape index (κ2) is 9.56. The number of amides is 2. The van der Waals surface area contributed by atoms with Gasteiger partial charge in [0.15, 0.2) is 0 Å². The Kier molecular flexibility index (Phi) is 6.21. The topological polar surface area (TPSA) is 85.7 Å². The van der Waals surface area contributed by atoms with Crippen LogP contribution in [0.1, 0.15) is 29.7 Å². The molecule has 1 saturated heterocycles. The smallest absolute Gasteiger partial charge is 0.326 e. The van der Waals surface area contributed by atoms with Gasteiger partial charge in [0.25, 0.3) is 0 Å². The number of carbonyl (C=O) groups is 3. The van der Waals surface area contributed by atoms with E-state index in [2.05, 4.69) is 0 Å². The van der Waals surface area contributed by atoms with Crippen molar-refractivity contribution >= 4 is 58.2 Å². The number of imide groups is 1. The Morgan fingerprint density at radius 3 is 2.38 bits per heavy atom. The van der Waals surface area contributed by atoms with Crippen LogP contribution in [0.4, 0.5) is 10.1 Å². The Hall–Kier alpha value is -2.95. The molecule has 1 aromatic heterocycles. The number of rotatable bonds is 5. The maximum Gasteiger partial charge on any atom is 0.326 e. The molecule has 4 aliphatic rings. The summed E-state index contributed by atoms with van der Waals surface area (Å²) in [7, 11) is 0. The highest BCUT2D eigenvalue weighted by molar-refractivity contribution is 8.00. The van der Waals surface area contributed by atoms with E-state index in [-0.39, 0.29) is 58.8 Å². The number of aromatic nitrogens is 1. The zero-order chi connectivity index (χ0) is 27.9. The molecule has 2 aliphatic carbocycles. The Labute approximate surface area is 242 Å². The van der Waals surface area contributed by atoms with Gasteiger partial charge in [-0.3, -0.25) is 28.6 Å². The van der Waals surface area contributed by atoms with E-state index in [1.807, 2.05) is 24.3 Å². The predicted octanol–water partition coefficient (Wildman–Crippen LogP) is 4.94. The second-order valence-corrected chi connectivity index (χ2v) is 13.3. The number of anilines is 1. The van der Waals surface area contributed by atoms with Crippen molar-refractivity contribution in [3.63, 3.8) is 0 Å². The van der Waals surface area contributed by atoms with Gasteiger partial charge in [-0.2, -0.15) is 0 Å². The molecule has 7 unspecified atom stereocenters. The van der Waals surface area contributed by atoms with E-state index in [1.54, 1.807) is 18.7 Å². The van der Waals surface area contributed by atoms with Gasteiger partial charge in [-0.15, -0.1) is 11.8 Å². The van der Waals surface area contributed by atoms with Crippen molar-refractivity contribution < 1.29 is 23.5 Å². The maximum absolute atomic E-state index is 13.8. The first-order chi connectivity index (χ1) is 19.3. The summed E-state index contributed by atoms with van der Waals surface area (Å²) in [5.74, 6) is -2.59. The lowest BCUT2D eigenvalue weighted by Crippen LogP contribution is -2.43. The molecule has 11 heteroatoms. The first-order valence-electron chi connectivity index (χ1n) is 13.2. The van der Waals surface area contributed by atoms with Crippen LogP contribution >= 0.6 is 34.7 Å². The summed E-state index contributed by atoms with van der Waals surface area (Å²) < 4.78 is 20.2. The SMILES string of the molecule is CCOC(=O)Cn1c2c(sc1=O)C(c1ccc(Cl)cc1)C1C3CC(C1S2)C1C(=O)N(c2ccc(F)cc2)C(=O)C31. The van der Waals surface area contributed by atoms with E-state index < -0.39 is 23.6 Å². The van der Waals surface area contributed by atoms with Crippen LogP contribution in [0.3, 0.4) is 0 Å². The Morgan fingerprint density at radius 2 is 1.70 bits per heavy atom. The maximum atomic E-state index is 13.8. The van der Waals surface area contributed by atoms with Crippen molar-refractivity contribution in [1.82, 2.24) is 4.57 Å². The quantitative estimate of drug-likeness (QED) is 0.305. The summed E-state index contributed by atoms with van der Waals surface area (Å²) in [5, 5.41) is 1.31. The largest absolute Gasteiger partial charge is 0.465 e. The average Bonchev–Trinajstić information content (AvgIpc) is 3.65. The molecule has 7 rings (SSSR count). The molecule has 40 heavy (non-hydrogen) atoms. The third-order valence-electron chi connectivity index (χ3n) is 8.86. The molecular formula is C29H24ClFN2O5S2. The number of esters is 1. The van der Waals surface area contributed by atoms with Crippen LogP contribution in [-0.4, -0.2) is 34.2 Å². The fourth-order valence-corrected chi connectivity index (χ4v) is 10.8.